The van der Waals surface area contributed by atoms with Crippen LogP contribution in [0.15, 0.2) is 0 Å². The number of rotatable bonds is 15. The van der Waals surface area contributed by atoms with Crippen molar-refractivity contribution in [2.45, 2.75) is 71.1 Å². The molecule has 0 amide bonds. The fourth-order valence-electron chi connectivity index (χ4n) is 1.91. The van der Waals surface area contributed by atoms with Gasteiger partial charge in [0.25, 0.3) is 0 Å². The van der Waals surface area contributed by atoms with Crippen LogP contribution in [-0.4, -0.2) is 31.7 Å². The Morgan fingerprint density at radius 2 is 1.55 bits per heavy atom. The molecule has 0 aliphatic carbocycles. The minimum Gasteiger partial charge on any atom is -0.463 e. The quantitative estimate of drug-likeness (QED) is 0.250. The molecule has 0 aliphatic heterocycles. The van der Waals surface area contributed by atoms with E-state index in [9.17, 15) is 4.79 Å². The first kappa shape index (κ1) is 19.7. The van der Waals surface area contributed by atoms with Gasteiger partial charge in [-0.1, -0.05) is 45.4 Å². The van der Waals surface area contributed by atoms with E-state index in [4.69, 9.17) is 21.1 Å². The second-order valence-electron chi connectivity index (χ2n) is 5.10. The summed E-state index contributed by atoms with van der Waals surface area (Å²) >= 11 is 5.59. The molecule has 0 rings (SSSR count). The summed E-state index contributed by atoms with van der Waals surface area (Å²) in [5.41, 5.74) is 0. The largest absolute Gasteiger partial charge is 0.463 e. The molecule has 3 nitrogen and oxygen atoms in total. The van der Waals surface area contributed by atoms with E-state index in [1.165, 1.54) is 25.7 Å². The smallest absolute Gasteiger partial charge is 0.305 e. The van der Waals surface area contributed by atoms with Gasteiger partial charge in [-0.2, -0.15) is 0 Å². The zero-order valence-corrected chi connectivity index (χ0v) is 13.8. The molecular formula is C16H31ClO3. The lowest BCUT2D eigenvalue weighted by Gasteiger charge is -2.06. The van der Waals surface area contributed by atoms with Gasteiger partial charge in [0.05, 0.1) is 6.61 Å². The lowest BCUT2D eigenvalue weighted by Crippen LogP contribution is -2.10. The van der Waals surface area contributed by atoms with Crippen molar-refractivity contribution in [3.8, 4) is 0 Å². The zero-order valence-electron chi connectivity index (χ0n) is 13.0. The van der Waals surface area contributed by atoms with E-state index in [-0.39, 0.29) is 5.97 Å². The molecule has 0 radical (unpaired) electrons. The molecule has 4 heteroatoms. The number of carbonyl (C=O) groups excluding carboxylic acids is 1. The maximum absolute atomic E-state index is 11.4. The Morgan fingerprint density at radius 1 is 0.850 bits per heavy atom. The van der Waals surface area contributed by atoms with Crippen LogP contribution in [0.4, 0.5) is 0 Å². The number of hydrogen-bond acceptors (Lipinski definition) is 3. The normalized spacial score (nSPS) is 10.7. The van der Waals surface area contributed by atoms with Crippen molar-refractivity contribution in [2.24, 2.45) is 0 Å². The average Bonchev–Trinajstić information content (AvgIpc) is 2.45. The lowest BCUT2D eigenvalue weighted by atomic mass is 10.1. The molecule has 0 aliphatic rings. The summed E-state index contributed by atoms with van der Waals surface area (Å²) in [7, 11) is 0. The molecule has 0 saturated carbocycles. The molecule has 0 bridgehead atoms. The van der Waals surface area contributed by atoms with E-state index in [1.54, 1.807) is 0 Å². The maximum Gasteiger partial charge on any atom is 0.305 e. The third-order valence-corrected chi connectivity index (χ3v) is 3.41. The first-order valence-electron chi connectivity index (χ1n) is 8.10. The van der Waals surface area contributed by atoms with Crippen LogP contribution in [0, 0.1) is 0 Å². The number of carbonyl (C=O) groups is 1. The minimum absolute atomic E-state index is 0.0905. The molecule has 0 fully saturated rings. The summed E-state index contributed by atoms with van der Waals surface area (Å²) in [5, 5.41) is 0. The third-order valence-electron chi connectivity index (χ3n) is 3.15. The van der Waals surface area contributed by atoms with Crippen LogP contribution in [-0.2, 0) is 14.3 Å². The van der Waals surface area contributed by atoms with Gasteiger partial charge in [-0.25, -0.2) is 0 Å². The van der Waals surface area contributed by atoms with Crippen LogP contribution < -0.4 is 0 Å². The maximum atomic E-state index is 11.4. The van der Waals surface area contributed by atoms with Gasteiger partial charge < -0.3 is 9.47 Å². The predicted octanol–water partition coefficient (Wildman–Crippen LogP) is 4.71. The molecule has 0 saturated heterocycles. The average molecular weight is 307 g/mol. The van der Waals surface area contributed by atoms with Crippen LogP contribution >= 0.6 is 11.6 Å². The molecule has 20 heavy (non-hydrogen) atoms. The highest BCUT2D eigenvalue weighted by molar-refractivity contribution is 6.17. The topological polar surface area (TPSA) is 35.5 Å². The lowest BCUT2D eigenvalue weighted by molar-refractivity contribution is -0.145. The van der Waals surface area contributed by atoms with Crippen molar-refractivity contribution in [3.05, 3.63) is 0 Å². The van der Waals surface area contributed by atoms with Crippen LogP contribution in [0.3, 0.4) is 0 Å². The highest BCUT2D eigenvalue weighted by Gasteiger charge is 2.02. The Balaban J connectivity index is 3.11. The SMILES string of the molecule is CCCCCCCC(=O)OCCOCCCCCCCl. The van der Waals surface area contributed by atoms with E-state index in [0.29, 0.717) is 19.6 Å². The molecule has 0 unspecified atom stereocenters. The Kier molecular flexibility index (Phi) is 16.5. The third kappa shape index (κ3) is 15.8. The zero-order chi connectivity index (χ0) is 14.9. The van der Waals surface area contributed by atoms with Gasteiger partial charge in [0.1, 0.15) is 6.61 Å². The van der Waals surface area contributed by atoms with E-state index < -0.39 is 0 Å². The van der Waals surface area contributed by atoms with E-state index in [0.717, 1.165) is 44.6 Å². The van der Waals surface area contributed by atoms with Gasteiger partial charge in [0.2, 0.25) is 0 Å². The predicted molar refractivity (Wildman–Crippen MR) is 84.3 cm³/mol. The first-order valence-corrected chi connectivity index (χ1v) is 8.64. The molecule has 0 aromatic rings. The molecule has 0 spiro atoms. The highest BCUT2D eigenvalue weighted by Crippen LogP contribution is 2.05. The van der Waals surface area contributed by atoms with Crippen molar-refractivity contribution in [1.29, 1.82) is 0 Å². The molecule has 0 aromatic heterocycles. The summed E-state index contributed by atoms with van der Waals surface area (Å²) in [4.78, 5) is 11.4. The van der Waals surface area contributed by atoms with Gasteiger partial charge >= 0.3 is 5.97 Å². The molecule has 120 valence electrons. The summed E-state index contributed by atoms with van der Waals surface area (Å²) in [5.74, 6) is 0.655. The molecule has 0 aromatic carbocycles. The van der Waals surface area contributed by atoms with Gasteiger partial charge in [-0.3, -0.25) is 4.79 Å². The van der Waals surface area contributed by atoms with E-state index >= 15 is 0 Å². The number of hydrogen-bond donors (Lipinski definition) is 0. The number of unbranched alkanes of at least 4 members (excludes halogenated alkanes) is 7. The molecule has 0 heterocycles. The van der Waals surface area contributed by atoms with Gasteiger partial charge in [-0.05, 0) is 19.3 Å². The molecule has 0 N–H and O–H groups in total. The van der Waals surface area contributed by atoms with Crippen molar-refractivity contribution < 1.29 is 14.3 Å². The Hall–Kier alpha value is -0.280. The number of alkyl halides is 1. The number of halogens is 1. The number of esters is 1. The van der Waals surface area contributed by atoms with Crippen molar-refractivity contribution >= 4 is 17.6 Å². The molecule has 0 atom stereocenters. The summed E-state index contributed by atoms with van der Waals surface area (Å²) < 4.78 is 10.5. The highest BCUT2D eigenvalue weighted by atomic mass is 35.5. The van der Waals surface area contributed by atoms with E-state index in [1.807, 2.05) is 0 Å². The second kappa shape index (κ2) is 16.8. The van der Waals surface area contributed by atoms with Crippen LogP contribution in [0.5, 0.6) is 0 Å². The Morgan fingerprint density at radius 3 is 2.30 bits per heavy atom. The monoisotopic (exact) mass is 306 g/mol. The first-order chi connectivity index (χ1) is 9.81. The standard InChI is InChI=1S/C16H31ClO3/c1-2-3-4-5-8-11-16(18)20-15-14-19-13-10-7-6-9-12-17/h2-15H2,1H3. The van der Waals surface area contributed by atoms with Crippen LogP contribution in [0.1, 0.15) is 71.1 Å². The second-order valence-corrected chi connectivity index (χ2v) is 5.48. The van der Waals surface area contributed by atoms with Crippen LogP contribution in [0.2, 0.25) is 0 Å². The van der Waals surface area contributed by atoms with Crippen molar-refractivity contribution in [2.75, 3.05) is 25.7 Å². The Bertz CT molecular complexity index is 210. The number of ether oxygens (including phenoxy) is 2. The fraction of sp³-hybridized carbons (Fsp3) is 0.938. The van der Waals surface area contributed by atoms with Crippen molar-refractivity contribution in [3.63, 3.8) is 0 Å². The Labute approximate surface area is 129 Å². The summed E-state index contributed by atoms with van der Waals surface area (Å²) in [6.07, 6.45) is 10.8. The summed E-state index contributed by atoms with van der Waals surface area (Å²) in [6, 6.07) is 0. The summed E-state index contributed by atoms with van der Waals surface area (Å²) in [6.45, 7) is 3.83. The molecular weight excluding hydrogens is 276 g/mol. The van der Waals surface area contributed by atoms with Crippen molar-refractivity contribution in [1.82, 2.24) is 0 Å². The minimum atomic E-state index is -0.0905. The van der Waals surface area contributed by atoms with Gasteiger partial charge in [0.15, 0.2) is 0 Å². The van der Waals surface area contributed by atoms with Gasteiger partial charge in [0, 0.05) is 18.9 Å². The fourth-order valence-corrected chi connectivity index (χ4v) is 2.10. The van der Waals surface area contributed by atoms with E-state index in [2.05, 4.69) is 6.92 Å². The van der Waals surface area contributed by atoms with Crippen LogP contribution in [0.25, 0.3) is 0 Å². The van der Waals surface area contributed by atoms with Gasteiger partial charge in [-0.15, -0.1) is 11.6 Å².